The molecule has 1 N–H and O–H groups in total. The normalized spacial score (nSPS) is 17.3. The summed E-state index contributed by atoms with van der Waals surface area (Å²) in [5.74, 6) is 1.06. The van der Waals surface area contributed by atoms with Crippen LogP contribution in [0.3, 0.4) is 0 Å². The van der Waals surface area contributed by atoms with E-state index in [9.17, 15) is 4.79 Å². The zero-order valence-corrected chi connectivity index (χ0v) is 18.4. The smallest absolute Gasteiger partial charge is 0.291 e. The molecule has 32 heavy (non-hydrogen) atoms. The Hall–Kier alpha value is -3.74. The molecule has 2 unspecified atom stereocenters. The zero-order chi connectivity index (χ0) is 22.2. The van der Waals surface area contributed by atoms with Gasteiger partial charge in [-0.15, -0.1) is 5.10 Å². The van der Waals surface area contributed by atoms with Gasteiger partial charge in [-0.05, 0) is 73.1 Å². The summed E-state index contributed by atoms with van der Waals surface area (Å²) in [5, 5.41) is 7.34. The summed E-state index contributed by atoms with van der Waals surface area (Å²) >= 11 is 0. The maximum atomic E-state index is 12.6. The molecule has 4 aromatic rings. The molecule has 0 aliphatic heterocycles. The van der Waals surface area contributed by atoms with E-state index < -0.39 is 0 Å². The van der Waals surface area contributed by atoms with Crippen molar-refractivity contribution in [3.63, 3.8) is 0 Å². The fraction of sp³-hybridized carbons (Fsp3) is 0.280. The van der Waals surface area contributed by atoms with Gasteiger partial charge in [-0.25, -0.2) is 9.50 Å². The topological polar surface area (TPSA) is 81.4 Å². The van der Waals surface area contributed by atoms with Crippen molar-refractivity contribution in [1.29, 1.82) is 0 Å². The highest BCUT2D eigenvalue weighted by Crippen LogP contribution is 2.35. The van der Waals surface area contributed by atoms with Gasteiger partial charge in [0.25, 0.3) is 5.91 Å². The van der Waals surface area contributed by atoms with Crippen LogP contribution in [0.1, 0.15) is 33.9 Å². The van der Waals surface area contributed by atoms with Crippen molar-refractivity contribution >= 4 is 11.6 Å². The number of aryl methyl sites for hydroxylation is 2. The summed E-state index contributed by atoms with van der Waals surface area (Å²) < 4.78 is 6.78. The first-order valence-corrected chi connectivity index (χ1v) is 10.7. The first-order chi connectivity index (χ1) is 15.5. The van der Waals surface area contributed by atoms with Crippen LogP contribution in [0.2, 0.25) is 0 Å². The number of aromatic nitrogens is 4. The molecule has 3 aromatic heterocycles. The molecule has 2 atom stereocenters. The number of ether oxygens (including phenoxy) is 1. The molecule has 1 aromatic carbocycles. The number of carbonyl (C=O) groups is 1. The molecule has 0 radical (unpaired) electrons. The Labute approximate surface area is 186 Å². The minimum absolute atomic E-state index is 0.159. The number of fused-ring (bicyclic) bond motifs is 1. The largest absolute Gasteiger partial charge is 0.497 e. The molecule has 1 amide bonds. The fourth-order valence-corrected chi connectivity index (χ4v) is 4.16. The van der Waals surface area contributed by atoms with Crippen LogP contribution in [0.5, 0.6) is 5.75 Å². The third kappa shape index (κ3) is 4.06. The van der Waals surface area contributed by atoms with Crippen LogP contribution in [0, 0.1) is 19.8 Å². The average Bonchev–Trinajstić information content (AvgIpc) is 3.34. The Morgan fingerprint density at radius 3 is 2.84 bits per heavy atom. The number of hydrogen-bond acceptors (Lipinski definition) is 5. The Morgan fingerprint density at radius 1 is 1.19 bits per heavy atom. The zero-order valence-electron chi connectivity index (χ0n) is 18.4. The SMILES string of the molecule is COc1ccn2nc(C(=O)NC3CC3Cc3ccc(-c4ccnc(C)c4)c(C)c3)nc2c1. The van der Waals surface area contributed by atoms with Gasteiger partial charge in [-0.1, -0.05) is 18.2 Å². The first kappa shape index (κ1) is 20.2. The van der Waals surface area contributed by atoms with Crippen LogP contribution in [0.4, 0.5) is 0 Å². The van der Waals surface area contributed by atoms with Gasteiger partial charge in [0.2, 0.25) is 5.82 Å². The number of hydrogen-bond donors (Lipinski definition) is 1. The quantitative estimate of drug-likeness (QED) is 0.507. The van der Waals surface area contributed by atoms with Crippen LogP contribution in [0.15, 0.2) is 54.9 Å². The molecule has 1 fully saturated rings. The predicted molar refractivity (Wildman–Crippen MR) is 122 cm³/mol. The molecular weight excluding hydrogens is 402 g/mol. The van der Waals surface area contributed by atoms with Gasteiger partial charge in [0, 0.05) is 30.2 Å². The summed E-state index contributed by atoms with van der Waals surface area (Å²) in [6.45, 7) is 4.15. The highest BCUT2D eigenvalue weighted by Gasteiger charge is 2.38. The molecule has 0 saturated heterocycles. The van der Waals surface area contributed by atoms with E-state index in [-0.39, 0.29) is 17.8 Å². The van der Waals surface area contributed by atoms with Crippen LogP contribution in [0.25, 0.3) is 16.8 Å². The number of benzene rings is 1. The number of nitrogens with zero attached hydrogens (tertiary/aromatic N) is 4. The van der Waals surface area contributed by atoms with Gasteiger partial charge >= 0.3 is 0 Å². The van der Waals surface area contributed by atoms with Gasteiger partial charge in [-0.2, -0.15) is 0 Å². The third-order valence-corrected chi connectivity index (χ3v) is 5.98. The third-order valence-electron chi connectivity index (χ3n) is 5.98. The van der Waals surface area contributed by atoms with E-state index in [4.69, 9.17) is 4.74 Å². The molecule has 1 aliphatic carbocycles. The fourth-order valence-electron chi connectivity index (χ4n) is 4.16. The lowest BCUT2D eigenvalue weighted by molar-refractivity contribution is 0.0939. The Bertz CT molecular complexity index is 1310. The lowest BCUT2D eigenvalue weighted by Crippen LogP contribution is -2.28. The van der Waals surface area contributed by atoms with Crippen LogP contribution >= 0.6 is 0 Å². The second-order valence-electron chi connectivity index (χ2n) is 8.42. The first-order valence-electron chi connectivity index (χ1n) is 10.7. The molecule has 5 rings (SSSR count). The van der Waals surface area contributed by atoms with Gasteiger partial charge in [0.05, 0.1) is 7.11 Å². The molecule has 3 heterocycles. The maximum absolute atomic E-state index is 12.6. The summed E-state index contributed by atoms with van der Waals surface area (Å²) in [5.41, 5.74) is 6.56. The Morgan fingerprint density at radius 2 is 2.06 bits per heavy atom. The van der Waals surface area contributed by atoms with E-state index in [0.29, 0.717) is 17.3 Å². The number of pyridine rings is 2. The van der Waals surface area contributed by atoms with Gasteiger partial charge in [-0.3, -0.25) is 9.78 Å². The van der Waals surface area contributed by atoms with Gasteiger partial charge < -0.3 is 10.1 Å². The van der Waals surface area contributed by atoms with Crippen molar-refractivity contribution in [3.8, 4) is 16.9 Å². The van der Waals surface area contributed by atoms with Crippen molar-refractivity contribution in [2.24, 2.45) is 5.92 Å². The standard InChI is InChI=1S/C25H25N5O2/c1-15-10-17(4-5-21(15)18-6-8-26-16(2)11-18)12-19-13-22(19)27-25(31)24-28-23-14-20(32-3)7-9-30(23)29-24/h4-11,14,19,22H,12-13H2,1-3H3,(H,27,31). The van der Waals surface area contributed by atoms with Crippen molar-refractivity contribution in [1.82, 2.24) is 24.9 Å². The molecule has 1 aliphatic rings. The molecule has 0 bridgehead atoms. The van der Waals surface area contributed by atoms with Crippen molar-refractivity contribution in [2.75, 3.05) is 7.11 Å². The lowest BCUT2D eigenvalue weighted by atomic mass is 9.97. The van der Waals surface area contributed by atoms with Gasteiger partial charge in [0.1, 0.15) is 5.75 Å². The van der Waals surface area contributed by atoms with Crippen LogP contribution in [-0.2, 0) is 6.42 Å². The Kier molecular flexibility index (Phi) is 5.09. The highest BCUT2D eigenvalue weighted by molar-refractivity contribution is 5.91. The number of nitrogens with one attached hydrogen (secondary N) is 1. The van der Waals surface area contributed by atoms with E-state index in [2.05, 4.69) is 51.6 Å². The van der Waals surface area contributed by atoms with Crippen LogP contribution in [-0.4, -0.2) is 38.6 Å². The minimum Gasteiger partial charge on any atom is -0.497 e. The van der Waals surface area contributed by atoms with E-state index in [1.54, 1.807) is 30.0 Å². The summed E-state index contributed by atoms with van der Waals surface area (Å²) in [6, 6.07) is 14.5. The van der Waals surface area contributed by atoms with E-state index in [1.165, 1.54) is 22.3 Å². The molecule has 7 heteroatoms. The van der Waals surface area contributed by atoms with Gasteiger partial charge in [0.15, 0.2) is 5.65 Å². The molecule has 0 spiro atoms. The number of methoxy groups -OCH3 is 1. The monoisotopic (exact) mass is 427 g/mol. The van der Waals surface area contributed by atoms with Crippen molar-refractivity contribution < 1.29 is 9.53 Å². The molecule has 162 valence electrons. The number of amides is 1. The second kappa shape index (κ2) is 8.07. The summed E-state index contributed by atoms with van der Waals surface area (Å²) in [4.78, 5) is 21.2. The van der Waals surface area contributed by atoms with Crippen LogP contribution < -0.4 is 10.1 Å². The van der Waals surface area contributed by atoms with Crippen molar-refractivity contribution in [2.45, 2.75) is 32.7 Å². The Balaban J connectivity index is 1.22. The second-order valence-corrected chi connectivity index (χ2v) is 8.42. The minimum atomic E-state index is -0.236. The predicted octanol–water partition coefficient (Wildman–Crippen LogP) is 3.78. The highest BCUT2D eigenvalue weighted by atomic mass is 16.5. The summed E-state index contributed by atoms with van der Waals surface area (Å²) in [6.07, 6.45) is 5.50. The summed E-state index contributed by atoms with van der Waals surface area (Å²) in [7, 11) is 1.60. The van der Waals surface area contributed by atoms with E-state index in [1.807, 2.05) is 19.2 Å². The van der Waals surface area contributed by atoms with E-state index in [0.717, 1.165) is 18.5 Å². The number of carbonyl (C=O) groups excluding carboxylic acids is 1. The van der Waals surface area contributed by atoms with Crippen molar-refractivity contribution in [3.05, 3.63) is 77.5 Å². The molecule has 1 saturated carbocycles. The molecular formula is C25H25N5O2. The molecule has 7 nitrogen and oxygen atoms in total. The number of rotatable bonds is 6. The van der Waals surface area contributed by atoms with E-state index >= 15 is 0 Å². The maximum Gasteiger partial charge on any atom is 0.291 e. The lowest BCUT2D eigenvalue weighted by Gasteiger charge is -2.10. The average molecular weight is 428 g/mol.